The molecule has 0 aliphatic carbocycles. The van der Waals surface area contributed by atoms with Gasteiger partial charge in [-0.15, -0.1) is 6.42 Å². The van der Waals surface area contributed by atoms with Gasteiger partial charge < -0.3 is 11.1 Å². The lowest BCUT2D eigenvalue weighted by Gasteiger charge is -2.15. The number of H-pyrrole nitrogens is 1. The van der Waals surface area contributed by atoms with E-state index in [9.17, 15) is 9.59 Å². The van der Waals surface area contributed by atoms with Gasteiger partial charge in [0.2, 0.25) is 0 Å². The van der Waals surface area contributed by atoms with Crippen LogP contribution in [0.3, 0.4) is 0 Å². The topological polar surface area (TPSA) is 92.9 Å². The largest absolute Gasteiger partial charge is 0.383 e. The van der Waals surface area contributed by atoms with E-state index in [1.807, 2.05) is 6.92 Å². The summed E-state index contributed by atoms with van der Waals surface area (Å²) in [5.74, 6) is 2.61. The Morgan fingerprint density at radius 1 is 1.53 bits per heavy atom. The summed E-state index contributed by atoms with van der Waals surface area (Å²) in [5, 5.41) is 2.85. The maximum absolute atomic E-state index is 11.6. The fourth-order valence-electron chi connectivity index (χ4n) is 1.48. The average molecular weight is 236 g/mol. The second-order valence-electron chi connectivity index (χ2n) is 3.54. The van der Waals surface area contributed by atoms with Crippen molar-refractivity contribution in [3.05, 3.63) is 20.8 Å². The smallest absolute Gasteiger partial charge is 0.330 e. The van der Waals surface area contributed by atoms with Crippen molar-refractivity contribution in [3.63, 3.8) is 0 Å². The van der Waals surface area contributed by atoms with E-state index in [0.29, 0.717) is 13.0 Å². The summed E-state index contributed by atoms with van der Waals surface area (Å²) in [6.07, 6.45) is 5.95. The molecule has 0 aromatic carbocycles. The molecular weight excluding hydrogens is 220 g/mol. The molecule has 0 saturated heterocycles. The molecule has 1 aromatic rings. The Kier molecular flexibility index (Phi) is 3.99. The van der Waals surface area contributed by atoms with Crippen LogP contribution < -0.4 is 22.3 Å². The van der Waals surface area contributed by atoms with E-state index in [4.69, 9.17) is 12.2 Å². The molecule has 0 radical (unpaired) electrons. The molecule has 0 fully saturated rings. The molecule has 0 bridgehead atoms. The van der Waals surface area contributed by atoms with Gasteiger partial charge in [-0.3, -0.25) is 14.3 Å². The Labute approximate surface area is 98.8 Å². The molecular formula is C11H16N4O2. The van der Waals surface area contributed by atoms with Crippen LogP contribution in [0.5, 0.6) is 0 Å². The van der Waals surface area contributed by atoms with Crippen LogP contribution in [0.4, 0.5) is 11.5 Å². The van der Waals surface area contributed by atoms with Gasteiger partial charge in [-0.05, 0) is 13.3 Å². The number of hydrogen-bond donors (Lipinski definition) is 3. The molecule has 0 aliphatic rings. The second-order valence-corrected chi connectivity index (χ2v) is 3.54. The number of nitrogens with one attached hydrogen (secondary N) is 2. The van der Waals surface area contributed by atoms with Gasteiger partial charge in [0.05, 0.1) is 6.04 Å². The lowest BCUT2D eigenvalue weighted by Crippen LogP contribution is -2.35. The van der Waals surface area contributed by atoms with Crippen molar-refractivity contribution in [3.8, 4) is 12.3 Å². The first kappa shape index (κ1) is 12.9. The number of aromatic amines is 1. The number of nitrogen functional groups attached to an aromatic ring is 1. The van der Waals surface area contributed by atoms with Crippen molar-refractivity contribution in [2.24, 2.45) is 0 Å². The third-order valence-corrected chi connectivity index (χ3v) is 2.48. The highest BCUT2D eigenvalue weighted by Gasteiger charge is 2.13. The quantitative estimate of drug-likeness (QED) is 0.640. The molecule has 1 atom stereocenters. The number of aromatic nitrogens is 2. The molecule has 17 heavy (non-hydrogen) atoms. The summed E-state index contributed by atoms with van der Waals surface area (Å²) in [7, 11) is 0. The van der Waals surface area contributed by atoms with Gasteiger partial charge in [-0.25, -0.2) is 4.79 Å². The van der Waals surface area contributed by atoms with Crippen LogP contribution in [0.2, 0.25) is 0 Å². The number of hydrogen-bond acceptors (Lipinski definition) is 4. The molecule has 0 aliphatic heterocycles. The van der Waals surface area contributed by atoms with Crippen molar-refractivity contribution in [1.29, 1.82) is 0 Å². The molecule has 0 spiro atoms. The summed E-state index contributed by atoms with van der Waals surface area (Å²) in [6.45, 7) is 4.03. The Bertz CT molecular complexity index is 550. The third kappa shape index (κ3) is 2.50. The molecule has 4 N–H and O–H groups in total. The standard InChI is InChI=1S/C11H16N4O2/c1-4-7(5-2)13-8-9(12)15(6-3)11(17)14-10(8)16/h1,7,13H,5-6,12H2,2-3H3,(H,14,16,17). The minimum atomic E-state index is -0.550. The number of nitrogens with two attached hydrogens (primary N) is 1. The van der Waals surface area contributed by atoms with Gasteiger partial charge >= 0.3 is 5.69 Å². The predicted octanol–water partition coefficient (Wildman–Crippen LogP) is -0.0376. The first-order valence-electron chi connectivity index (χ1n) is 5.40. The molecule has 6 nitrogen and oxygen atoms in total. The lowest BCUT2D eigenvalue weighted by molar-refractivity contribution is 0.704. The maximum atomic E-state index is 11.6. The summed E-state index contributed by atoms with van der Waals surface area (Å²) < 4.78 is 1.27. The van der Waals surface area contributed by atoms with Gasteiger partial charge in [0, 0.05) is 6.54 Å². The summed E-state index contributed by atoms with van der Waals surface area (Å²) in [4.78, 5) is 25.2. The Balaban J connectivity index is 3.30. The Morgan fingerprint density at radius 3 is 2.65 bits per heavy atom. The van der Waals surface area contributed by atoms with Crippen molar-refractivity contribution in [2.45, 2.75) is 32.9 Å². The molecule has 1 heterocycles. The van der Waals surface area contributed by atoms with E-state index >= 15 is 0 Å². The van der Waals surface area contributed by atoms with Crippen LogP contribution in [0, 0.1) is 12.3 Å². The van der Waals surface area contributed by atoms with Crippen LogP contribution in [-0.4, -0.2) is 15.6 Å². The van der Waals surface area contributed by atoms with E-state index in [1.165, 1.54) is 4.57 Å². The van der Waals surface area contributed by atoms with E-state index in [-0.39, 0.29) is 17.5 Å². The number of nitrogens with zero attached hydrogens (tertiary/aromatic N) is 1. The highest BCUT2D eigenvalue weighted by Crippen LogP contribution is 2.11. The fourth-order valence-corrected chi connectivity index (χ4v) is 1.48. The van der Waals surface area contributed by atoms with Crippen molar-refractivity contribution in [2.75, 3.05) is 11.1 Å². The molecule has 1 rings (SSSR count). The van der Waals surface area contributed by atoms with Crippen LogP contribution >= 0.6 is 0 Å². The van der Waals surface area contributed by atoms with Gasteiger partial charge in [0.25, 0.3) is 5.56 Å². The predicted molar refractivity (Wildman–Crippen MR) is 67.9 cm³/mol. The van der Waals surface area contributed by atoms with Crippen LogP contribution in [0.1, 0.15) is 20.3 Å². The number of terminal acetylenes is 1. The third-order valence-electron chi connectivity index (χ3n) is 2.48. The van der Waals surface area contributed by atoms with Crippen LogP contribution in [-0.2, 0) is 6.54 Å². The van der Waals surface area contributed by atoms with Gasteiger partial charge in [0.1, 0.15) is 11.5 Å². The molecule has 1 unspecified atom stereocenters. The zero-order valence-corrected chi connectivity index (χ0v) is 9.91. The molecule has 6 heteroatoms. The minimum absolute atomic E-state index is 0.106. The average Bonchev–Trinajstić information content (AvgIpc) is 2.29. The zero-order valence-electron chi connectivity index (χ0n) is 9.91. The minimum Gasteiger partial charge on any atom is -0.383 e. The van der Waals surface area contributed by atoms with Gasteiger partial charge in [-0.2, -0.15) is 0 Å². The number of rotatable bonds is 4. The van der Waals surface area contributed by atoms with Gasteiger partial charge in [-0.1, -0.05) is 12.8 Å². The Morgan fingerprint density at radius 2 is 2.18 bits per heavy atom. The first-order valence-corrected chi connectivity index (χ1v) is 5.40. The second kappa shape index (κ2) is 5.25. The molecule has 92 valence electrons. The normalized spacial score (nSPS) is 11.8. The SMILES string of the molecule is C#CC(CC)Nc1c(N)n(CC)c(=O)[nH]c1=O. The summed E-state index contributed by atoms with van der Waals surface area (Å²) in [5.41, 5.74) is 4.85. The van der Waals surface area contributed by atoms with Crippen LogP contribution in [0.25, 0.3) is 0 Å². The van der Waals surface area contributed by atoms with Crippen LogP contribution in [0.15, 0.2) is 9.59 Å². The first-order chi connectivity index (χ1) is 8.04. The highest BCUT2D eigenvalue weighted by atomic mass is 16.2. The lowest BCUT2D eigenvalue weighted by atomic mass is 10.2. The maximum Gasteiger partial charge on any atom is 0.330 e. The summed E-state index contributed by atoms with van der Waals surface area (Å²) in [6, 6.07) is -0.291. The van der Waals surface area contributed by atoms with E-state index in [0.717, 1.165) is 0 Å². The highest BCUT2D eigenvalue weighted by molar-refractivity contribution is 5.61. The Hall–Kier alpha value is -2.16. The van der Waals surface area contributed by atoms with E-state index < -0.39 is 11.2 Å². The fraction of sp³-hybridized carbons (Fsp3) is 0.455. The molecule has 1 aromatic heterocycles. The van der Waals surface area contributed by atoms with Crippen molar-refractivity contribution >= 4 is 11.5 Å². The van der Waals surface area contributed by atoms with Crippen molar-refractivity contribution < 1.29 is 0 Å². The monoisotopic (exact) mass is 236 g/mol. The number of anilines is 2. The summed E-state index contributed by atoms with van der Waals surface area (Å²) >= 11 is 0. The van der Waals surface area contributed by atoms with Crippen molar-refractivity contribution in [1.82, 2.24) is 9.55 Å². The zero-order chi connectivity index (χ0) is 13.0. The van der Waals surface area contributed by atoms with E-state index in [2.05, 4.69) is 16.2 Å². The molecule has 0 saturated carbocycles. The molecule has 0 amide bonds. The van der Waals surface area contributed by atoms with Gasteiger partial charge in [0.15, 0.2) is 0 Å². The van der Waals surface area contributed by atoms with E-state index in [1.54, 1.807) is 6.92 Å².